The van der Waals surface area contributed by atoms with Crippen LogP contribution in [0.2, 0.25) is 0 Å². The Labute approximate surface area is 166 Å². The molecule has 28 heavy (non-hydrogen) atoms. The normalized spacial score (nSPS) is 14.9. The molecule has 0 aromatic heterocycles. The minimum absolute atomic E-state index is 0.0604. The van der Waals surface area contributed by atoms with E-state index in [1.165, 1.54) is 0 Å². The van der Waals surface area contributed by atoms with Crippen molar-refractivity contribution in [1.82, 2.24) is 0 Å². The molecule has 0 fully saturated rings. The first kappa shape index (κ1) is 18.3. The van der Waals surface area contributed by atoms with Crippen LogP contribution in [0.4, 0.5) is 5.69 Å². The van der Waals surface area contributed by atoms with Crippen LogP contribution in [0.15, 0.2) is 60.7 Å². The van der Waals surface area contributed by atoms with Crippen molar-refractivity contribution >= 4 is 34.0 Å². The summed E-state index contributed by atoms with van der Waals surface area (Å²) < 4.78 is 5.90. The van der Waals surface area contributed by atoms with Crippen LogP contribution in [-0.4, -0.2) is 19.1 Å². The molecule has 0 unspecified atom stereocenters. The van der Waals surface area contributed by atoms with Gasteiger partial charge in [-0.15, -0.1) is 0 Å². The van der Waals surface area contributed by atoms with E-state index in [2.05, 4.69) is 32.0 Å². The van der Waals surface area contributed by atoms with Crippen LogP contribution < -0.4 is 9.64 Å². The molecule has 0 saturated heterocycles. The van der Waals surface area contributed by atoms with E-state index in [0.29, 0.717) is 19.1 Å². The summed E-state index contributed by atoms with van der Waals surface area (Å²) >= 11 is 0. The smallest absolute Gasteiger partial charge is 0.259 e. The SMILES string of the molecule is CCOc1ccc2ccccc2c1/C=C1\C(=O)N(CC(C)C)c2ccccc21. The summed E-state index contributed by atoms with van der Waals surface area (Å²) in [4.78, 5) is 15.2. The molecule has 0 spiro atoms. The maximum absolute atomic E-state index is 13.3. The fourth-order valence-electron chi connectivity index (χ4n) is 3.84. The van der Waals surface area contributed by atoms with Crippen LogP contribution >= 0.6 is 0 Å². The van der Waals surface area contributed by atoms with Crippen LogP contribution in [0.3, 0.4) is 0 Å². The van der Waals surface area contributed by atoms with Crippen LogP contribution in [0, 0.1) is 5.92 Å². The first-order valence-corrected chi connectivity index (χ1v) is 9.87. The molecule has 0 aliphatic carbocycles. The van der Waals surface area contributed by atoms with Crippen molar-refractivity contribution in [3.05, 3.63) is 71.8 Å². The maximum Gasteiger partial charge on any atom is 0.259 e. The number of ether oxygens (including phenoxy) is 1. The molecule has 0 saturated carbocycles. The summed E-state index contributed by atoms with van der Waals surface area (Å²) in [6.07, 6.45) is 2.01. The highest BCUT2D eigenvalue weighted by atomic mass is 16.5. The molecule has 3 aromatic rings. The van der Waals surface area contributed by atoms with Gasteiger partial charge >= 0.3 is 0 Å². The molecule has 1 aliphatic rings. The molecular weight excluding hydrogens is 346 g/mol. The molecule has 4 rings (SSSR count). The third-order valence-electron chi connectivity index (χ3n) is 5.03. The van der Waals surface area contributed by atoms with E-state index in [9.17, 15) is 4.79 Å². The molecule has 3 heteroatoms. The highest BCUT2D eigenvalue weighted by Crippen LogP contribution is 2.40. The number of hydrogen-bond acceptors (Lipinski definition) is 2. The van der Waals surface area contributed by atoms with Crippen molar-refractivity contribution in [3.8, 4) is 5.75 Å². The number of carbonyl (C=O) groups is 1. The third kappa shape index (κ3) is 3.18. The first-order chi connectivity index (χ1) is 13.6. The summed E-state index contributed by atoms with van der Waals surface area (Å²) in [6, 6.07) is 20.3. The number of amides is 1. The molecular formula is C25H25NO2. The summed E-state index contributed by atoms with van der Waals surface area (Å²) in [5.74, 6) is 1.26. The zero-order chi connectivity index (χ0) is 19.7. The highest BCUT2D eigenvalue weighted by Gasteiger charge is 2.32. The Morgan fingerprint density at radius 2 is 1.75 bits per heavy atom. The number of nitrogens with zero attached hydrogens (tertiary/aromatic N) is 1. The van der Waals surface area contributed by atoms with Crippen molar-refractivity contribution in [3.63, 3.8) is 0 Å². The average molecular weight is 371 g/mol. The van der Waals surface area contributed by atoms with Gasteiger partial charge < -0.3 is 9.64 Å². The summed E-state index contributed by atoms with van der Waals surface area (Å²) in [6.45, 7) is 7.54. The molecule has 0 atom stereocenters. The largest absolute Gasteiger partial charge is 0.493 e. The lowest BCUT2D eigenvalue weighted by Gasteiger charge is -2.19. The van der Waals surface area contributed by atoms with Crippen molar-refractivity contribution in [1.29, 1.82) is 0 Å². The lowest BCUT2D eigenvalue weighted by molar-refractivity contribution is -0.113. The van der Waals surface area contributed by atoms with E-state index < -0.39 is 0 Å². The quantitative estimate of drug-likeness (QED) is 0.532. The zero-order valence-electron chi connectivity index (χ0n) is 16.6. The van der Waals surface area contributed by atoms with Gasteiger partial charge in [-0.3, -0.25) is 4.79 Å². The minimum atomic E-state index is 0.0604. The molecule has 1 amide bonds. The predicted molar refractivity (Wildman–Crippen MR) is 117 cm³/mol. The van der Waals surface area contributed by atoms with Gasteiger partial charge in [0.25, 0.3) is 5.91 Å². The van der Waals surface area contributed by atoms with Gasteiger partial charge in [-0.25, -0.2) is 0 Å². The first-order valence-electron chi connectivity index (χ1n) is 9.87. The molecule has 0 N–H and O–H groups in total. The second kappa shape index (κ2) is 7.51. The standard InChI is InChI=1S/C25H25NO2/c1-4-28-24-14-13-18-9-5-6-10-19(18)21(24)15-22-20-11-7-8-12-23(20)26(25(22)27)16-17(2)3/h5-15,17H,4,16H2,1-3H3/b22-15-. The van der Waals surface area contributed by atoms with E-state index in [0.717, 1.165) is 38.9 Å². The minimum Gasteiger partial charge on any atom is -0.493 e. The fourth-order valence-corrected chi connectivity index (χ4v) is 3.84. The Hall–Kier alpha value is -3.07. The topological polar surface area (TPSA) is 29.5 Å². The van der Waals surface area contributed by atoms with Crippen LogP contribution in [0.5, 0.6) is 5.75 Å². The average Bonchev–Trinajstić information content (AvgIpc) is 2.95. The summed E-state index contributed by atoms with van der Waals surface area (Å²) in [7, 11) is 0. The second-order valence-corrected chi connectivity index (χ2v) is 7.52. The predicted octanol–water partition coefficient (Wildman–Crippen LogP) is 5.78. The molecule has 142 valence electrons. The van der Waals surface area contributed by atoms with Gasteiger partial charge in [0, 0.05) is 23.2 Å². The Kier molecular flexibility index (Phi) is 4.91. The number of anilines is 1. The highest BCUT2D eigenvalue weighted by molar-refractivity contribution is 6.36. The van der Waals surface area contributed by atoms with Crippen molar-refractivity contribution in [2.45, 2.75) is 20.8 Å². The summed E-state index contributed by atoms with van der Waals surface area (Å²) in [5, 5.41) is 2.23. The van der Waals surface area contributed by atoms with Gasteiger partial charge in [-0.1, -0.05) is 62.4 Å². The van der Waals surface area contributed by atoms with Crippen molar-refractivity contribution in [2.75, 3.05) is 18.1 Å². The Morgan fingerprint density at radius 1 is 1.00 bits per heavy atom. The second-order valence-electron chi connectivity index (χ2n) is 7.52. The van der Waals surface area contributed by atoms with E-state index >= 15 is 0 Å². The maximum atomic E-state index is 13.3. The van der Waals surface area contributed by atoms with Crippen LogP contribution in [0.1, 0.15) is 31.9 Å². The van der Waals surface area contributed by atoms with Crippen LogP contribution in [0.25, 0.3) is 22.4 Å². The monoisotopic (exact) mass is 371 g/mol. The Morgan fingerprint density at radius 3 is 2.54 bits per heavy atom. The number of benzene rings is 3. The molecule has 3 aromatic carbocycles. The van der Waals surface area contributed by atoms with Gasteiger partial charge in [-0.05, 0) is 41.8 Å². The van der Waals surface area contributed by atoms with Crippen molar-refractivity contribution < 1.29 is 9.53 Å². The molecule has 1 aliphatic heterocycles. The zero-order valence-corrected chi connectivity index (χ0v) is 16.6. The number of carbonyl (C=O) groups excluding carboxylic acids is 1. The van der Waals surface area contributed by atoms with E-state index in [1.807, 2.05) is 60.4 Å². The molecule has 1 heterocycles. The van der Waals surface area contributed by atoms with Crippen LogP contribution in [-0.2, 0) is 4.79 Å². The summed E-state index contributed by atoms with van der Waals surface area (Å²) in [5.41, 5.74) is 3.67. The number of hydrogen-bond donors (Lipinski definition) is 0. The number of fused-ring (bicyclic) bond motifs is 2. The van der Waals surface area contributed by atoms with Gasteiger partial charge in [0.05, 0.1) is 12.3 Å². The Bertz CT molecular complexity index is 1070. The van der Waals surface area contributed by atoms with E-state index in [4.69, 9.17) is 4.74 Å². The third-order valence-corrected chi connectivity index (χ3v) is 5.03. The molecule has 0 radical (unpaired) electrons. The molecule has 3 nitrogen and oxygen atoms in total. The molecule has 0 bridgehead atoms. The number of para-hydroxylation sites is 1. The van der Waals surface area contributed by atoms with Gasteiger partial charge in [-0.2, -0.15) is 0 Å². The van der Waals surface area contributed by atoms with Gasteiger partial charge in [0.2, 0.25) is 0 Å². The van der Waals surface area contributed by atoms with Crippen molar-refractivity contribution in [2.24, 2.45) is 5.92 Å². The Balaban J connectivity index is 1.92. The van der Waals surface area contributed by atoms with Gasteiger partial charge in [0.15, 0.2) is 0 Å². The lowest BCUT2D eigenvalue weighted by Crippen LogP contribution is -2.30. The lowest BCUT2D eigenvalue weighted by atomic mass is 9.98. The fraction of sp³-hybridized carbons (Fsp3) is 0.240. The van der Waals surface area contributed by atoms with E-state index in [1.54, 1.807) is 0 Å². The van der Waals surface area contributed by atoms with Gasteiger partial charge in [0.1, 0.15) is 5.75 Å². The van der Waals surface area contributed by atoms with E-state index in [-0.39, 0.29) is 5.91 Å². The number of rotatable bonds is 5.